The number of rotatable bonds is 6. The number of nitrogens with two attached hydrogens (primary N) is 1. The predicted octanol–water partition coefficient (Wildman–Crippen LogP) is 2.78. The van der Waals surface area contributed by atoms with Crippen LogP contribution in [-0.2, 0) is 39.9 Å². The van der Waals surface area contributed by atoms with Gasteiger partial charge in [-0.1, -0.05) is 30.3 Å². The van der Waals surface area contributed by atoms with E-state index in [2.05, 4.69) is 5.32 Å². The molecule has 5 rings (SSSR count). The molecule has 1 amide bonds. The summed E-state index contributed by atoms with van der Waals surface area (Å²) in [4.78, 5) is 37.7. The highest BCUT2D eigenvalue weighted by Crippen LogP contribution is 2.53. The quantitative estimate of drug-likeness (QED) is 0.227. The molecule has 1 unspecified atom stereocenters. The predicted molar refractivity (Wildman–Crippen MR) is 138 cm³/mol. The van der Waals surface area contributed by atoms with Crippen LogP contribution in [0.15, 0.2) is 53.3 Å². The highest BCUT2D eigenvalue weighted by atomic mass is 19.4. The van der Waals surface area contributed by atoms with Crippen molar-refractivity contribution in [3.05, 3.63) is 81.1 Å². The number of hydrogen-bond acceptors (Lipinski definition) is 8. The fraction of sp³-hybridized carbons (Fsp3) is 0.345. The molecule has 9 nitrogen and oxygen atoms in total. The number of benzene rings is 2. The maximum Gasteiger partial charge on any atom is 0.417 e. The second-order valence-corrected chi connectivity index (χ2v) is 10.6. The summed E-state index contributed by atoms with van der Waals surface area (Å²) in [7, 11) is 0. The van der Waals surface area contributed by atoms with Crippen LogP contribution in [0.25, 0.3) is 5.76 Å². The van der Waals surface area contributed by atoms with Gasteiger partial charge in [0.2, 0.25) is 5.78 Å². The highest BCUT2D eigenvalue weighted by Gasteiger charge is 2.60. The number of ketones is 2. The van der Waals surface area contributed by atoms with Gasteiger partial charge in [0.25, 0.3) is 5.91 Å². The summed E-state index contributed by atoms with van der Waals surface area (Å²) < 4.78 is 43.4. The SMILES string of the molecule is NC(=O)C1=C(O)[C@@]2(O)C(=O)C3=C(O)c4c(O)cc(CNCCc5ccccc5)c(C(F)(F)F)c4CC3C[C@H]2CC1=O. The van der Waals surface area contributed by atoms with Crippen molar-refractivity contribution < 1.29 is 48.0 Å². The number of halogens is 3. The Labute approximate surface area is 231 Å². The second-order valence-electron chi connectivity index (χ2n) is 10.6. The first-order valence-corrected chi connectivity index (χ1v) is 12.9. The standard InChI is InChI=1S/C29H27F3N2O7/c30-29(31,32)23-15(12-34-7-6-13-4-2-1-3-5-13)10-18(35)21-17(23)9-14-8-16-11-19(36)22(27(33)40)26(39)28(16,41)25(38)20(14)24(21)37/h1-5,10,14,16,34-35,37,39,41H,6-9,11-12H2,(H2,33,40)/t14?,16-,28-/m0/s1. The third-order valence-corrected chi connectivity index (χ3v) is 8.18. The Morgan fingerprint density at radius 2 is 1.78 bits per heavy atom. The minimum Gasteiger partial charge on any atom is -0.508 e. The maximum atomic E-state index is 14.5. The van der Waals surface area contributed by atoms with Crippen LogP contribution in [0.3, 0.4) is 0 Å². The minimum absolute atomic E-state index is 0.241. The van der Waals surface area contributed by atoms with Crippen LogP contribution in [-0.4, -0.2) is 50.0 Å². The fourth-order valence-electron chi connectivity index (χ4n) is 6.35. The first kappa shape index (κ1) is 28.4. The molecule has 41 heavy (non-hydrogen) atoms. The van der Waals surface area contributed by atoms with Gasteiger partial charge in [-0.25, -0.2) is 0 Å². The Balaban J connectivity index is 1.55. The number of amides is 1. The number of aliphatic hydroxyl groups is 3. The zero-order valence-electron chi connectivity index (χ0n) is 21.6. The van der Waals surface area contributed by atoms with Crippen molar-refractivity contribution in [1.29, 1.82) is 0 Å². The largest absolute Gasteiger partial charge is 0.508 e. The average molecular weight is 573 g/mol. The van der Waals surface area contributed by atoms with Crippen LogP contribution in [0.2, 0.25) is 0 Å². The Kier molecular flexibility index (Phi) is 6.94. The van der Waals surface area contributed by atoms with Gasteiger partial charge in [0, 0.05) is 24.5 Å². The molecular weight excluding hydrogens is 545 g/mol. The molecule has 0 aromatic heterocycles. The molecule has 3 aliphatic rings. The number of carbonyl (C=O) groups excluding carboxylic acids is 3. The zero-order valence-corrected chi connectivity index (χ0v) is 21.6. The zero-order chi connectivity index (χ0) is 29.9. The number of alkyl halides is 3. The van der Waals surface area contributed by atoms with Gasteiger partial charge in [0.15, 0.2) is 11.4 Å². The number of aromatic hydroxyl groups is 1. The van der Waals surface area contributed by atoms with Gasteiger partial charge in [-0.3, -0.25) is 14.4 Å². The lowest BCUT2D eigenvalue weighted by molar-refractivity contribution is -0.147. The van der Waals surface area contributed by atoms with E-state index in [-0.39, 0.29) is 18.5 Å². The Morgan fingerprint density at radius 1 is 1.10 bits per heavy atom. The van der Waals surface area contributed by atoms with Gasteiger partial charge in [0.1, 0.15) is 22.8 Å². The van der Waals surface area contributed by atoms with Crippen LogP contribution < -0.4 is 11.1 Å². The van der Waals surface area contributed by atoms with Gasteiger partial charge in [-0.05, 0) is 54.5 Å². The summed E-state index contributed by atoms with van der Waals surface area (Å²) in [6.07, 6.45) is -5.60. The molecule has 0 spiro atoms. The van der Waals surface area contributed by atoms with Gasteiger partial charge in [0.05, 0.1) is 11.1 Å². The number of carbonyl (C=O) groups is 3. The summed E-state index contributed by atoms with van der Waals surface area (Å²) in [5.41, 5.74) is -0.427. The van der Waals surface area contributed by atoms with Gasteiger partial charge < -0.3 is 31.5 Å². The lowest BCUT2D eigenvalue weighted by Crippen LogP contribution is -2.58. The molecule has 0 heterocycles. The van der Waals surface area contributed by atoms with E-state index in [4.69, 9.17) is 5.73 Å². The first-order valence-electron chi connectivity index (χ1n) is 12.9. The van der Waals surface area contributed by atoms with E-state index < -0.39 is 99.0 Å². The molecule has 3 aliphatic carbocycles. The first-order chi connectivity index (χ1) is 19.3. The molecule has 0 bridgehead atoms. The summed E-state index contributed by atoms with van der Waals surface area (Å²) in [5, 5.41) is 46.7. The van der Waals surface area contributed by atoms with E-state index in [9.17, 15) is 48.0 Å². The molecule has 2 aromatic rings. The molecule has 2 aromatic carbocycles. The van der Waals surface area contributed by atoms with E-state index in [0.29, 0.717) is 13.0 Å². The van der Waals surface area contributed by atoms with E-state index in [0.717, 1.165) is 11.6 Å². The Bertz CT molecular complexity index is 1530. The summed E-state index contributed by atoms with van der Waals surface area (Å²) in [5.74, 6) is -8.82. The van der Waals surface area contributed by atoms with E-state index in [1.807, 2.05) is 30.3 Å². The minimum atomic E-state index is -4.89. The van der Waals surface area contributed by atoms with Crippen LogP contribution in [0.1, 0.15) is 40.7 Å². The molecular formula is C29H27F3N2O7. The van der Waals surface area contributed by atoms with Gasteiger partial charge >= 0.3 is 6.18 Å². The summed E-state index contributed by atoms with van der Waals surface area (Å²) in [6, 6.07) is 10.2. The van der Waals surface area contributed by atoms with Gasteiger partial charge in [-0.15, -0.1) is 0 Å². The Hall–Kier alpha value is -4.16. The van der Waals surface area contributed by atoms with E-state index in [1.54, 1.807) is 0 Å². The molecule has 216 valence electrons. The van der Waals surface area contributed by atoms with E-state index in [1.165, 1.54) is 0 Å². The van der Waals surface area contributed by atoms with Crippen LogP contribution in [0.5, 0.6) is 5.75 Å². The average Bonchev–Trinajstić information content (AvgIpc) is 2.88. The van der Waals surface area contributed by atoms with Crippen LogP contribution in [0.4, 0.5) is 13.2 Å². The molecule has 1 saturated carbocycles. The normalized spacial score (nSPS) is 24.2. The second kappa shape index (κ2) is 10.0. The number of hydrogen-bond donors (Lipinski definition) is 6. The molecule has 3 atom stereocenters. The van der Waals surface area contributed by atoms with Gasteiger partial charge in [-0.2, -0.15) is 13.2 Å². The number of aliphatic hydroxyl groups excluding tert-OH is 2. The smallest absolute Gasteiger partial charge is 0.417 e. The third-order valence-electron chi connectivity index (χ3n) is 8.18. The highest BCUT2D eigenvalue weighted by molar-refractivity contribution is 6.22. The number of phenolic OH excluding ortho intramolecular Hbond substituents is 1. The lowest BCUT2D eigenvalue weighted by atomic mass is 9.59. The fourth-order valence-corrected chi connectivity index (χ4v) is 6.35. The topological polar surface area (TPSA) is 170 Å². The summed E-state index contributed by atoms with van der Waals surface area (Å²) in [6.45, 7) is 0.110. The number of fused-ring (bicyclic) bond motifs is 3. The van der Waals surface area contributed by atoms with Crippen molar-refractivity contribution in [1.82, 2.24) is 5.32 Å². The summed E-state index contributed by atoms with van der Waals surface area (Å²) >= 11 is 0. The number of Topliss-reactive ketones (excluding diaryl/α,β-unsaturated/α-hetero) is 2. The van der Waals surface area contributed by atoms with Crippen molar-refractivity contribution >= 4 is 23.2 Å². The van der Waals surface area contributed by atoms with Crippen molar-refractivity contribution in [3.63, 3.8) is 0 Å². The molecule has 12 heteroatoms. The van der Waals surface area contributed by atoms with Crippen molar-refractivity contribution in [2.24, 2.45) is 17.6 Å². The molecule has 0 aliphatic heterocycles. The third kappa shape index (κ3) is 4.56. The lowest BCUT2D eigenvalue weighted by Gasteiger charge is -2.46. The molecule has 0 radical (unpaired) electrons. The van der Waals surface area contributed by atoms with Crippen LogP contribution >= 0.6 is 0 Å². The van der Waals surface area contributed by atoms with Crippen LogP contribution in [0, 0.1) is 11.8 Å². The molecule has 7 N–H and O–H groups in total. The van der Waals surface area contributed by atoms with E-state index >= 15 is 0 Å². The molecule has 1 fully saturated rings. The number of phenols is 1. The number of nitrogens with one attached hydrogen (secondary N) is 1. The number of primary amides is 1. The Morgan fingerprint density at radius 3 is 2.41 bits per heavy atom. The van der Waals surface area contributed by atoms with Crippen molar-refractivity contribution in [2.45, 2.75) is 44.0 Å². The molecule has 0 saturated heterocycles. The van der Waals surface area contributed by atoms with Crippen molar-refractivity contribution in [2.75, 3.05) is 6.54 Å². The van der Waals surface area contributed by atoms with Crippen molar-refractivity contribution in [3.8, 4) is 5.75 Å². The maximum absolute atomic E-state index is 14.5. The monoisotopic (exact) mass is 572 g/mol.